The van der Waals surface area contributed by atoms with E-state index in [2.05, 4.69) is 0 Å². The van der Waals surface area contributed by atoms with E-state index in [1.165, 1.54) is 0 Å². The molecular formula is C12H18O6. The molecule has 3 heterocycles. The molecular weight excluding hydrogens is 240 g/mol. The Morgan fingerprint density at radius 1 is 1.06 bits per heavy atom. The number of carbonyl (C=O) groups is 1. The maximum Gasteiger partial charge on any atom is 0.258 e. The van der Waals surface area contributed by atoms with Crippen molar-refractivity contribution in [3.8, 4) is 0 Å². The minimum atomic E-state index is -1.34. The molecule has 1 spiro atoms. The zero-order valence-corrected chi connectivity index (χ0v) is 11.0. The first-order chi connectivity index (χ1) is 8.23. The second-order valence-corrected chi connectivity index (χ2v) is 5.81. The van der Waals surface area contributed by atoms with Crippen LogP contribution in [0.25, 0.3) is 0 Å². The minimum absolute atomic E-state index is 0.0891. The summed E-state index contributed by atoms with van der Waals surface area (Å²) in [4.78, 5) is 12.5. The van der Waals surface area contributed by atoms with Gasteiger partial charge >= 0.3 is 0 Å². The van der Waals surface area contributed by atoms with Gasteiger partial charge in [-0.25, -0.2) is 0 Å². The van der Waals surface area contributed by atoms with Crippen molar-refractivity contribution < 1.29 is 28.5 Å². The van der Waals surface area contributed by atoms with Crippen LogP contribution in [0.3, 0.4) is 0 Å². The number of fused-ring (bicyclic) bond motifs is 1. The molecule has 3 aliphatic heterocycles. The summed E-state index contributed by atoms with van der Waals surface area (Å²) in [5.74, 6) is -3.18. The summed E-state index contributed by atoms with van der Waals surface area (Å²) in [5, 5.41) is 0. The van der Waals surface area contributed by atoms with Crippen LogP contribution >= 0.6 is 0 Å². The average molecular weight is 258 g/mol. The van der Waals surface area contributed by atoms with Crippen LogP contribution in [0, 0.1) is 0 Å². The van der Waals surface area contributed by atoms with Gasteiger partial charge in [-0.15, -0.1) is 0 Å². The fourth-order valence-electron chi connectivity index (χ4n) is 2.60. The highest BCUT2D eigenvalue weighted by Crippen LogP contribution is 2.41. The highest BCUT2D eigenvalue weighted by Gasteiger charge is 2.62. The standard InChI is InChI=1S/C12H18O6/c1-10(2)15-6-12(18-10)9(13)8-7(5-14-12)16-11(3,4)17-8/h7-8H,5-6H2,1-4H3/t7-,8+,12+/m1/s1. The summed E-state index contributed by atoms with van der Waals surface area (Å²) >= 11 is 0. The first-order valence-electron chi connectivity index (χ1n) is 6.11. The van der Waals surface area contributed by atoms with Crippen LogP contribution in [0.2, 0.25) is 0 Å². The third-order valence-corrected chi connectivity index (χ3v) is 3.32. The summed E-state index contributed by atoms with van der Waals surface area (Å²) < 4.78 is 27.9. The summed E-state index contributed by atoms with van der Waals surface area (Å²) in [7, 11) is 0. The SMILES string of the molecule is CC1(C)O[C@@H]2C(=O)[C@@]3(COC(C)(C)O3)OC[C@H]2O1. The molecule has 0 aromatic carbocycles. The molecule has 3 saturated heterocycles. The molecule has 3 aliphatic rings. The molecule has 3 rings (SSSR count). The number of ketones is 1. The van der Waals surface area contributed by atoms with Crippen molar-refractivity contribution >= 4 is 5.78 Å². The van der Waals surface area contributed by atoms with Crippen LogP contribution in [0.4, 0.5) is 0 Å². The van der Waals surface area contributed by atoms with E-state index in [0.717, 1.165) is 0 Å². The summed E-state index contributed by atoms with van der Waals surface area (Å²) in [6.45, 7) is 7.41. The van der Waals surface area contributed by atoms with Crippen LogP contribution in [-0.2, 0) is 28.5 Å². The summed E-state index contributed by atoms with van der Waals surface area (Å²) in [5.41, 5.74) is 0. The quantitative estimate of drug-likeness (QED) is 0.633. The van der Waals surface area contributed by atoms with Gasteiger partial charge in [-0.05, 0) is 27.7 Å². The highest BCUT2D eigenvalue weighted by atomic mass is 16.8. The number of hydrogen-bond donors (Lipinski definition) is 0. The Kier molecular flexibility index (Phi) is 2.44. The molecule has 0 N–H and O–H groups in total. The van der Waals surface area contributed by atoms with Gasteiger partial charge in [0.2, 0.25) is 5.78 Å². The van der Waals surface area contributed by atoms with Gasteiger partial charge in [0.25, 0.3) is 5.79 Å². The Balaban J connectivity index is 1.84. The Bertz CT molecular complexity index is 388. The van der Waals surface area contributed by atoms with E-state index in [9.17, 15) is 4.79 Å². The zero-order chi connectivity index (χ0) is 13.2. The fourth-order valence-corrected chi connectivity index (χ4v) is 2.60. The summed E-state index contributed by atoms with van der Waals surface area (Å²) in [6, 6.07) is 0. The first kappa shape index (κ1) is 12.5. The predicted molar refractivity (Wildman–Crippen MR) is 58.6 cm³/mol. The van der Waals surface area contributed by atoms with Gasteiger partial charge in [0.15, 0.2) is 17.7 Å². The Morgan fingerprint density at radius 2 is 1.78 bits per heavy atom. The minimum Gasteiger partial charge on any atom is -0.344 e. The van der Waals surface area contributed by atoms with Crippen LogP contribution in [0.1, 0.15) is 27.7 Å². The highest BCUT2D eigenvalue weighted by molar-refractivity contribution is 5.92. The van der Waals surface area contributed by atoms with Gasteiger partial charge in [-0.2, -0.15) is 0 Å². The number of hydrogen-bond acceptors (Lipinski definition) is 6. The number of Topliss-reactive ketones (excluding diaryl/α,β-unsaturated/α-hetero) is 1. The van der Waals surface area contributed by atoms with Crippen LogP contribution in [-0.4, -0.2) is 48.6 Å². The molecule has 6 heteroatoms. The van der Waals surface area contributed by atoms with Gasteiger partial charge in [0, 0.05) is 0 Å². The van der Waals surface area contributed by atoms with E-state index < -0.39 is 23.5 Å². The molecule has 3 atom stereocenters. The van der Waals surface area contributed by atoms with E-state index >= 15 is 0 Å². The van der Waals surface area contributed by atoms with Crippen molar-refractivity contribution in [2.75, 3.05) is 13.2 Å². The van der Waals surface area contributed by atoms with Gasteiger partial charge in [0.1, 0.15) is 12.7 Å². The molecule has 0 radical (unpaired) electrons. The smallest absolute Gasteiger partial charge is 0.258 e. The lowest BCUT2D eigenvalue weighted by Gasteiger charge is -2.35. The lowest BCUT2D eigenvalue weighted by atomic mass is 9.99. The predicted octanol–water partition coefficient (Wildman–Crippen LogP) is 0.585. The van der Waals surface area contributed by atoms with Crippen LogP contribution < -0.4 is 0 Å². The maximum atomic E-state index is 12.5. The third kappa shape index (κ3) is 1.80. The molecule has 0 amide bonds. The Labute approximate surface area is 105 Å². The second kappa shape index (κ2) is 3.52. The Hall–Kier alpha value is -0.530. The molecule has 0 saturated carbocycles. The van der Waals surface area contributed by atoms with Crippen molar-refractivity contribution in [3.05, 3.63) is 0 Å². The topological polar surface area (TPSA) is 63.2 Å². The molecule has 0 bridgehead atoms. The summed E-state index contributed by atoms with van der Waals surface area (Å²) in [6.07, 6.45) is -1.02. The fraction of sp³-hybridized carbons (Fsp3) is 0.917. The van der Waals surface area contributed by atoms with Crippen molar-refractivity contribution in [2.24, 2.45) is 0 Å². The molecule has 0 aliphatic carbocycles. The largest absolute Gasteiger partial charge is 0.344 e. The average Bonchev–Trinajstić information content (AvgIpc) is 2.71. The number of carbonyl (C=O) groups excluding carboxylic acids is 1. The lowest BCUT2D eigenvalue weighted by molar-refractivity contribution is -0.263. The second-order valence-electron chi connectivity index (χ2n) is 5.81. The normalized spacial score (nSPS) is 45.4. The Morgan fingerprint density at radius 3 is 2.39 bits per heavy atom. The molecule has 0 aromatic rings. The number of ether oxygens (including phenoxy) is 5. The van der Waals surface area contributed by atoms with E-state index in [1.807, 2.05) is 0 Å². The molecule has 0 aromatic heterocycles. The van der Waals surface area contributed by atoms with E-state index in [-0.39, 0.29) is 25.1 Å². The van der Waals surface area contributed by atoms with Gasteiger partial charge in [0.05, 0.1) is 6.61 Å². The van der Waals surface area contributed by atoms with Crippen LogP contribution in [0.15, 0.2) is 0 Å². The monoisotopic (exact) mass is 258 g/mol. The molecule has 18 heavy (non-hydrogen) atoms. The van der Waals surface area contributed by atoms with Crippen molar-refractivity contribution in [2.45, 2.75) is 57.3 Å². The molecule has 0 unspecified atom stereocenters. The maximum absolute atomic E-state index is 12.5. The van der Waals surface area contributed by atoms with Crippen molar-refractivity contribution in [1.29, 1.82) is 0 Å². The molecule has 102 valence electrons. The van der Waals surface area contributed by atoms with Crippen molar-refractivity contribution in [3.63, 3.8) is 0 Å². The van der Waals surface area contributed by atoms with Gasteiger partial charge in [-0.1, -0.05) is 0 Å². The molecule has 3 fully saturated rings. The van der Waals surface area contributed by atoms with Crippen LogP contribution in [0.5, 0.6) is 0 Å². The third-order valence-electron chi connectivity index (χ3n) is 3.32. The molecule has 6 nitrogen and oxygen atoms in total. The lowest BCUT2D eigenvalue weighted by Crippen LogP contribution is -2.58. The van der Waals surface area contributed by atoms with Gasteiger partial charge < -0.3 is 23.7 Å². The van der Waals surface area contributed by atoms with Gasteiger partial charge in [-0.3, -0.25) is 4.79 Å². The number of rotatable bonds is 0. The zero-order valence-electron chi connectivity index (χ0n) is 11.0. The van der Waals surface area contributed by atoms with E-state index in [4.69, 9.17) is 23.7 Å². The first-order valence-corrected chi connectivity index (χ1v) is 6.11. The van der Waals surface area contributed by atoms with E-state index in [0.29, 0.717) is 0 Å². The van der Waals surface area contributed by atoms with Crippen molar-refractivity contribution in [1.82, 2.24) is 0 Å². The van der Waals surface area contributed by atoms with E-state index in [1.54, 1.807) is 27.7 Å².